The molecule has 2 N–H and O–H groups in total. The van der Waals surface area contributed by atoms with E-state index in [9.17, 15) is 14.0 Å². The highest BCUT2D eigenvalue weighted by atomic mass is 19.1. The number of pyridine rings is 1. The van der Waals surface area contributed by atoms with Gasteiger partial charge in [-0.15, -0.1) is 0 Å². The highest BCUT2D eigenvalue weighted by molar-refractivity contribution is 5.94. The highest BCUT2D eigenvalue weighted by Gasteiger charge is 2.23. The van der Waals surface area contributed by atoms with Gasteiger partial charge in [0.15, 0.2) is 0 Å². The monoisotopic (exact) mass is 343 g/mol. The van der Waals surface area contributed by atoms with Crippen LogP contribution >= 0.6 is 0 Å². The number of nitrogens with one attached hydrogen (secondary N) is 2. The summed E-state index contributed by atoms with van der Waals surface area (Å²) in [6.45, 7) is 5.16. The molecule has 2 aromatic rings. The van der Waals surface area contributed by atoms with Gasteiger partial charge in [-0.2, -0.15) is 0 Å². The minimum Gasteiger partial charge on any atom is -0.369 e. The lowest BCUT2D eigenvalue weighted by molar-refractivity contribution is 0.0931. The third-order valence-corrected chi connectivity index (χ3v) is 4.56. The number of amides is 1. The quantitative estimate of drug-likeness (QED) is 0.900. The zero-order chi connectivity index (χ0) is 18.0. The number of H-pyrrole nitrogens is 1. The van der Waals surface area contributed by atoms with Crippen LogP contribution in [0.1, 0.15) is 34.5 Å². The first-order valence-electron chi connectivity index (χ1n) is 8.46. The molecular weight excluding hydrogens is 321 g/mol. The maximum Gasteiger partial charge on any atom is 0.260 e. The van der Waals surface area contributed by atoms with Gasteiger partial charge in [0.1, 0.15) is 11.4 Å². The molecule has 0 unspecified atom stereocenters. The van der Waals surface area contributed by atoms with Gasteiger partial charge in [0.2, 0.25) is 0 Å². The Morgan fingerprint density at radius 2 is 2.08 bits per heavy atom. The molecule has 2 heterocycles. The lowest BCUT2D eigenvalue weighted by atomic mass is 10.0. The van der Waals surface area contributed by atoms with E-state index in [1.807, 2.05) is 6.92 Å². The lowest BCUT2D eigenvalue weighted by Crippen LogP contribution is -2.48. The first kappa shape index (κ1) is 17.2. The van der Waals surface area contributed by atoms with Crippen LogP contribution in [0.25, 0.3) is 0 Å². The molecule has 1 aromatic heterocycles. The fourth-order valence-electron chi connectivity index (χ4n) is 3.30. The van der Waals surface area contributed by atoms with E-state index in [0.29, 0.717) is 6.54 Å². The van der Waals surface area contributed by atoms with Gasteiger partial charge >= 0.3 is 0 Å². The summed E-state index contributed by atoms with van der Waals surface area (Å²) in [4.78, 5) is 29.1. The Labute approximate surface area is 145 Å². The first-order valence-corrected chi connectivity index (χ1v) is 8.46. The molecule has 1 amide bonds. The van der Waals surface area contributed by atoms with E-state index in [1.54, 1.807) is 25.1 Å². The van der Waals surface area contributed by atoms with Crippen LogP contribution in [0.5, 0.6) is 0 Å². The fraction of sp³-hybridized carbons (Fsp3) is 0.368. The van der Waals surface area contributed by atoms with Crippen molar-refractivity contribution in [2.75, 3.05) is 18.0 Å². The number of halogens is 1. The van der Waals surface area contributed by atoms with Gasteiger partial charge in [-0.3, -0.25) is 9.59 Å². The molecule has 0 aliphatic carbocycles. The summed E-state index contributed by atoms with van der Waals surface area (Å²) in [6, 6.07) is 7.96. The lowest BCUT2D eigenvalue weighted by Gasteiger charge is -2.35. The Bertz CT molecular complexity index is 847. The van der Waals surface area contributed by atoms with E-state index in [0.717, 1.165) is 36.3 Å². The van der Waals surface area contributed by atoms with E-state index in [1.165, 1.54) is 12.1 Å². The molecule has 3 rings (SSSR count). The Hall–Kier alpha value is -2.63. The molecule has 0 radical (unpaired) electrons. The minimum absolute atomic E-state index is 0.0496. The minimum atomic E-state index is -0.375. The van der Waals surface area contributed by atoms with Crippen LogP contribution in [0.15, 0.2) is 35.1 Å². The normalized spacial score (nSPS) is 17.4. The van der Waals surface area contributed by atoms with Crippen molar-refractivity contribution in [3.05, 3.63) is 63.3 Å². The maximum atomic E-state index is 13.3. The SMILES string of the molecule is Cc1ccc(C(=O)N[C@@H]2CCCN(c3ccc(F)cc3C)C2)c(=O)[nH]1. The molecule has 1 aliphatic rings. The van der Waals surface area contributed by atoms with Crippen molar-refractivity contribution in [1.29, 1.82) is 0 Å². The van der Waals surface area contributed by atoms with Gasteiger partial charge in [-0.1, -0.05) is 0 Å². The summed E-state index contributed by atoms with van der Waals surface area (Å²) < 4.78 is 13.3. The van der Waals surface area contributed by atoms with Crippen molar-refractivity contribution < 1.29 is 9.18 Å². The number of anilines is 1. The molecule has 25 heavy (non-hydrogen) atoms. The topological polar surface area (TPSA) is 65.2 Å². The van der Waals surface area contributed by atoms with Crippen molar-refractivity contribution >= 4 is 11.6 Å². The van der Waals surface area contributed by atoms with E-state index in [2.05, 4.69) is 15.2 Å². The number of aromatic nitrogens is 1. The smallest absolute Gasteiger partial charge is 0.260 e. The molecule has 0 bridgehead atoms. The summed E-state index contributed by atoms with van der Waals surface area (Å²) in [5.74, 6) is -0.606. The van der Waals surface area contributed by atoms with Gasteiger partial charge in [-0.05, 0) is 62.6 Å². The van der Waals surface area contributed by atoms with E-state index in [4.69, 9.17) is 0 Å². The van der Waals surface area contributed by atoms with Crippen molar-refractivity contribution in [3.8, 4) is 0 Å². The molecule has 5 nitrogen and oxygen atoms in total. The van der Waals surface area contributed by atoms with Crippen LogP contribution in [0.2, 0.25) is 0 Å². The molecule has 6 heteroatoms. The summed E-state index contributed by atoms with van der Waals surface area (Å²) >= 11 is 0. The van der Waals surface area contributed by atoms with Crippen LogP contribution in [-0.4, -0.2) is 30.0 Å². The van der Waals surface area contributed by atoms with Crippen molar-refractivity contribution in [3.63, 3.8) is 0 Å². The Balaban J connectivity index is 1.71. The summed E-state index contributed by atoms with van der Waals surface area (Å²) in [5.41, 5.74) is 2.33. The predicted molar refractivity (Wildman–Crippen MR) is 95.6 cm³/mol. The second-order valence-corrected chi connectivity index (χ2v) is 6.57. The van der Waals surface area contributed by atoms with E-state index in [-0.39, 0.29) is 28.9 Å². The van der Waals surface area contributed by atoms with Crippen LogP contribution in [0.4, 0.5) is 10.1 Å². The van der Waals surface area contributed by atoms with Crippen molar-refractivity contribution in [2.45, 2.75) is 32.7 Å². The Morgan fingerprint density at radius 1 is 1.28 bits per heavy atom. The van der Waals surface area contributed by atoms with Gasteiger partial charge in [0, 0.05) is 30.5 Å². The van der Waals surface area contributed by atoms with Gasteiger partial charge in [0.05, 0.1) is 0 Å². The van der Waals surface area contributed by atoms with E-state index < -0.39 is 0 Å². The number of hydrogen-bond acceptors (Lipinski definition) is 3. The summed E-state index contributed by atoms with van der Waals surface area (Å²) in [6.07, 6.45) is 1.78. The molecule has 0 saturated carbocycles. The zero-order valence-corrected chi connectivity index (χ0v) is 14.4. The van der Waals surface area contributed by atoms with Crippen molar-refractivity contribution in [1.82, 2.24) is 10.3 Å². The second-order valence-electron chi connectivity index (χ2n) is 6.57. The molecule has 1 fully saturated rings. The van der Waals surface area contributed by atoms with Crippen LogP contribution < -0.4 is 15.8 Å². The number of aromatic amines is 1. The standard InChI is InChI=1S/C19H22FN3O2/c1-12-10-14(20)6-8-17(12)23-9-3-4-15(11-23)22-19(25)16-7-5-13(2)21-18(16)24/h5-8,10,15H,3-4,9,11H2,1-2H3,(H,21,24)(H,22,25)/t15-/m1/s1. The average molecular weight is 343 g/mol. The molecule has 0 spiro atoms. The molecule has 1 aliphatic heterocycles. The highest BCUT2D eigenvalue weighted by Crippen LogP contribution is 2.24. The number of piperidine rings is 1. The number of carbonyl (C=O) groups is 1. The number of hydrogen-bond donors (Lipinski definition) is 2. The van der Waals surface area contributed by atoms with Crippen LogP contribution in [-0.2, 0) is 0 Å². The summed E-state index contributed by atoms with van der Waals surface area (Å²) in [5, 5.41) is 2.95. The van der Waals surface area contributed by atoms with Gasteiger partial charge in [-0.25, -0.2) is 4.39 Å². The fourth-order valence-corrected chi connectivity index (χ4v) is 3.30. The van der Waals surface area contributed by atoms with Crippen LogP contribution in [0.3, 0.4) is 0 Å². The molecule has 1 atom stereocenters. The zero-order valence-electron chi connectivity index (χ0n) is 14.4. The third-order valence-electron chi connectivity index (χ3n) is 4.56. The van der Waals surface area contributed by atoms with Gasteiger partial charge < -0.3 is 15.2 Å². The number of benzene rings is 1. The third kappa shape index (κ3) is 3.90. The average Bonchev–Trinajstić information content (AvgIpc) is 2.55. The van der Waals surface area contributed by atoms with E-state index >= 15 is 0 Å². The number of rotatable bonds is 3. The molecule has 132 valence electrons. The molecular formula is C19H22FN3O2. The largest absolute Gasteiger partial charge is 0.369 e. The number of aryl methyl sites for hydroxylation is 2. The second kappa shape index (κ2) is 7.09. The number of carbonyl (C=O) groups excluding carboxylic acids is 1. The van der Waals surface area contributed by atoms with Crippen LogP contribution in [0, 0.1) is 19.7 Å². The Kier molecular flexibility index (Phi) is 4.88. The Morgan fingerprint density at radius 3 is 2.80 bits per heavy atom. The van der Waals surface area contributed by atoms with Gasteiger partial charge in [0.25, 0.3) is 11.5 Å². The first-order chi connectivity index (χ1) is 11.9. The maximum absolute atomic E-state index is 13.3. The summed E-state index contributed by atoms with van der Waals surface area (Å²) in [7, 11) is 0. The molecule has 1 aromatic carbocycles. The van der Waals surface area contributed by atoms with Crippen molar-refractivity contribution in [2.24, 2.45) is 0 Å². The number of nitrogens with zero attached hydrogens (tertiary/aromatic N) is 1. The predicted octanol–water partition coefficient (Wildman–Crippen LogP) is 2.53. The molecule has 1 saturated heterocycles.